The number of nitriles is 1. The molecule has 0 fully saturated rings. The van der Waals surface area contributed by atoms with Crippen LogP contribution in [0, 0.1) is 11.3 Å². The highest BCUT2D eigenvalue weighted by molar-refractivity contribution is 7.13. The first-order valence-corrected chi connectivity index (χ1v) is 8.96. The lowest BCUT2D eigenvalue weighted by Crippen LogP contribution is -2.03. The minimum atomic E-state index is 0.470. The number of nitrogens with zero attached hydrogens (tertiary/aromatic N) is 3. The molecule has 0 radical (unpaired) electrons. The van der Waals surface area contributed by atoms with E-state index in [1.807, 2.05) is 78.2 Å². The van der Waals surface area contributed by atoms with E-state index in [2.05, 4.69) is 21.4 Å². The molecule has 2 aromatic carbocycles. The molecular weight excluding hydrogens is 340 g/mol. The van der Waals surface area contributed by atoms with Gasteiger partial charge in [-0.2, -0.15) is 5.26 Å². The number of hydrogen-bond donors (Lipinski definition) is 1. The van der Waals surface area contributed by atoms with Gasteiger partial charge in [-0.15, -0.1) is 11.3 Å². The first kappa shape index (κ1) is 16.0. The van der Waals surface area contributed by atoms with Crippen LogP contribution in [0.25, 0.3) is 21.8 Å². The number of benzene rings is 2. The van der Waals surface area contributed by atoms with Crippen LogP contribution >= 0.6 is 11.3 Å². The van der Waals surface area contributed by atoms with Crippen LogP contribution in [-0.2, 0) is 0 Å². The Morgan fingerprint density at radius 3 is 2.15 bits per heavy atom. The van der Waals surface area contributed by atoms with Gasteiger partial charge < -0.3 is 5.32 Å². The van der Waals surface area contributed by atoms with Crippen LogP contribution < -0.4 is 5.32 Å². The molecule has 2 heterocycles. The Hall–Kier alpha value is -3.49. The standard InChI is InChI=1S/C21H14N4S/c22-14-17-19(15-8-3-1-4-9-15)24-21(23-16-10-5-2-6-11-16)25-20(17)18-12-7-13-26-18/h1-13H,(H,23,24,25). The van der Waals surface area contributed by atoms with Crippen molar-refractivity contribution in [3.63, 3.8) is 0 Å². The van der Waals surface area contributed by atoms with Gasteiger partial charge in [0.15, 0.2) is 0 Å². The maximum atomic E-state index is 9.79. The molecule has 124 valence electrons. The molecule has 4 rings (SSSR count). The lowest BCUT2D eigenvalue weighted by molar-refractivity contribution is 1.16. The average Bonchev–Trinajstić information content (AvgIpc) is 3.23. The van der Waals surface area contributed by atoms with Gasteiger partial charge in [0.25, 0.3) is 0 Å². The fourth-order valence-corrected chi connectivity index (χ4v) is 3.39. The van der Waals surface area contributed by atoms with Crippen molar-refractivity contribution in [3.8, 4) is 27.9 Å². The summed E-state index contributed by atoms with van der Waals surface area (Å²) >= 11 is 1.56. The van der Waals surface area contributed by atoms with Crippen molar-refractivity contribution < 1.29 is 0 Å². The Bertz CT molecular complexity index is 1050. The summed E-state index contributed by atoms with van der Waals surface area (Å²) in [6.07, 6.45) is 0. The SMILES string of the molecule is N#Cc1c(-c2ccccc2)nc(Nc2ccccc2)nc1-c1cccs1. The van der Waals surface area contributed by atoms with Crippen LogP contribution in [0.4, 0.5) is 11.6 Å². The van der Waals surface area contributed by atoms with E-state index in [1.165, 1.54) is 0 Å². The molecule has 0 aliphatic heterocycles. The van der Waals surface area contributed by atoms with Gasteiger partial charge in [0.1, 0.15) is 17.3 Å². The van der Waals surface area contributed by atoms with Crippen molar-refractivity contribution >= 4 is 23.0 Å². The first-order chi connectivity index (χ1) is 12.8. The summed E-state index contributed by atoms with van der Waals surface area (Å²) in [7, 11) is 0. The fourth-order valence-electron chi connectivity index (χ4n) is 2.67. The number of aromatic nitrogens is 2. The highest BCUT2D eigenvalue weighted by Gasteiger charge is 2.18. The average molecular weight is 354 g/mol. The molecule has 2 aromatic heterocycles. The summed E-state index contributed by atoms with van der Waals surface area (Å²) in [5, 5.41) is 15.0. The molecule has 0 saturated heterocycles. The molecule has 5 heteroatoms. The predicted molar refractivity (Wildman–Crippen MR) is 105 cm³/mol. The van der Waals surface area contributed by atoms with Gasteiger partial charge in [0, 0.05) is 11.3 Å². The van der Waals surface area contributed by atoms with Crippen molar-refractivity contribution in [2.75, 3.05) is 5.32 Å². The van der Waals surface area contributed by atoms with E-state index in [0.29, 0.717) is 22.9 Å². The van der Waals surface area contributed by atoms with Crippen LogP contribution in [-0.4, -0.2) is 9.97 Å². The third-order valence-corrected chi connectivity index (χ3v) is 4.73. The lowest BCUT2D eigenvalue weighted by Gasteiger charge is -2.12. The molecule has 0 amide bonds. The second-order valence-electron chi connectivity index (χ2n) is 5.57. The Morgan fingerprint density at radius 1 is 0.808 bits per heavy atom. The summed E-state index contributed by atoms with van der Waals surface area (Å²) in [6, 6.07) is 25.7. The van der Waals surface area contributed by atoms with Gasteiger partial charge in [0.2, 0.25) is 5.95 Å². The first-order valence-electron chi connectivity index (χ1n) is 8.08. The second-order valence-corrected chi connectivity index (χ2v) is 6.51. The molecule has 0 bridgehead atoms. The summed E-state index contributed by atoms with van der Waals surface area (Å²) < 4.78 is 0. The highest BCUT2D eigenvalue weighted by atomic mass is 32.1. The molecule has 4 nitrogen and oxygen atoms in total. The van der Waals surface area contributed by atoms with Crippen molar-refractivity contribution in [2.24, 2.45) is 0 Å². The van der Waals surface area contributed by atoms with Gasteiger partial charge in [-0.3, -0.25) is 0 Å². The van der Waals surface area contributed by atoms with Crippen LogP contribution in [0.5, 0.6) is 0 Å². The molecule has 0 spiro atoms. The van der Waals surface area contributed by atoms with Crippen LogP contribution in [0.1, 0.15) is 5.56 Å². The minimum absolute atomic E-state index is 0.470. The Kier molecular flexibility index (Phi) is 4.42. The summed E-state index contributed by atoms with van der Waals surface area (Å²) in [5.41, 5.74) is 3.55. The van der Waals surface area contributed by atoms with Crippen molar-refractivity contribution in [1.82, 2.24) is 9.97 Å². The van der Waals surface area contributed by atoms with E-state index in [9.17, 15) is 5.26 Å². The topological polar surface area (TPSA) is 61.6 Å². The Morgan fingerprint density at radius 2 is 1.50 bits per heavy atom. The molecule has 1 N–H and O–H groups in total. The third kappa shape index (κ3) is 3.18. The zero-order chi connectivity index (χ0) is 17.8. The van der Waals surface area contributed by atoms with E-state index in [-0.39, 0.29) is 0 Å². The van der Waals surface area contributed by atoms with E-state index >= 15 is 0 Å². The third-order valence-electron chi connectivity index (χ3n) is 3.85. The molecule has 0 atom stereocenters. The van der Waals surface area contributed by atoms with Crippen LogP contribution in [0.3, 0.4) is 0 Å². The van der Waals surface area contributed by atoms with Gasteiger partial charge in [-0.1, -0.05) is 54.6 Å². The van der Waals surface area contributed by atoms with Gasteiger partial charge in [-0.05, 0) is 23.6 Å². The predicted octanol–water partition coefficient (Wildman–Crippen LogP) is 5.49. The zero-order valence-corrected chi connectivity index (χ0v) is 14.6. The van der Waals surface area contributed by atoms with E-state index in [4.69, 9.17) is 0 Å². The zero-order valence-electron chi connectivity index (χ0n) is 13.8. The number of rotatable bonds is 4. The largest absolute Gasteiger partial charge is 0.324 e. The Balaban J connectivity index is 1.91. The summed E-state index contributed by atoms with van der Waals surface area (Å²) in [6.45, 7) is 0. The van der Waals surface area contributed by atoms with E-state index < -0.39 is 0 Å². The second kappa shape index (κ2) is 7.18. The Labute approximate surface area is 155 Å². The molecule has 26 heavy (non-hydrogen) atoms. The normalized spacial score (nSPS) is 10.3. The van der Waals surface area contributed by atoms with Crippen molar-refractivity contribution in [3.05, 3.63) is 83.7 Å². The van der Waals surface area contributed by atoms with E-state index in [1.54, 1.807) is 11.3 Å². The maximum Gasteiger partial charge on any atom is 0.228 e. The highest BCUT2D eigenvalue weighted by Crippen LogP contribution is 2.33. The monoisotopic (exact) mass is 354 g/mol. The van der Waals surface area contributed by atoms with Gasteiger partial charge >= 0.3 is 0 Å². The van der Waals surface area contributed by atoms with Crippen molar-refractivity contribution in [1.29, 1.82) is 5.26 Å². The summed E-state index contributed by atoms with van der Waals surface area (Å²) in [5.74, 6) is 0.470. The smallest absolute Gasteiger partial charge is 0.228 e. The van der Waals surface area contributed by atoms with Gasteiger partial charge in [0.05, 0.1) is 10.6 Å². The molecule has 0 aliphatic rings. The van der Waals surface area contributed by atoms with Gasteiger partial charge in [-0.25, -0.2) is 9.97 Å². The van der Waals surface area contributed by atoms with Crippen LogP contribution in [0.15, 0.2) is 78.2 Å². The quantitative estimate of drug-likeness (QED) is 0.526. The number of nitrogens with one attached hydrogen (secondary N) is 1. The minimum Gasteiger partial charge on any atom is -0.324 e. The molecular formula is C21H14N4S. The maximum absolute atomic E-state index is 9.79. The molecule has 4 aromatic rings. The summed E-state index contributed by atoms with van der Waals surface area (Å²) in [4.78, 5) is 10.2. The molecule has 0 saturated carbocycles. The number of para-hydroxylation sites is 1. The lowest BCUT2D eigenvalue weighted by atomic mass is 10.0. The number of hydrogen-bond acceptors (Lipinski definition) is 5. The molecule has 0 unspecified atom stereocenters. The molecule has 0 aliphatic carbocycles. The fraction of sp³-hybridized carbons (Fsp3) is 0. The number of anilines is 2. The van der Waals surface area contributed by atoms with Crippen LogP contribution in [0.2, 0.25) is 0 Å². The number of thiophene rings is 1. The van der Waals surface area contributed by atoms with E-state index in [0.717, 1.165) is 16.1 Å². The van der Waals surface area contributed by atoms with Crippen molar-refractivity contribution in [2.45, 2.75) is 0 Å².